The van der Waals surface area contributed by atoms with Crippen molar-refractivity contribution in [2.45, 2.75) is 25.7 Å². The number of phenolic OH excluding ortho intramolecular Hbond substituents is 1. The zero-order valence-electron chi connectivity index (χ0n) is 8.87. The zero-order chi connectivity index (χ0) is 11.5. The first-order valence-corrected chi connectivity index (χ1v) is 5.81. The Labute approximate surface area is 99.4 Å². The summed E-state index contributed by atoms with van der Waals surface area (Å²) in [5, 5.41) is 12.3. The third-order valence-electron chi connectivity index (χ3n) is 2.93. The van der Waals surface area contributed by atoms with Crippen molar-refractivity contribution in [3.8, 4) is 5.75 Å². The summed E-state index contributed by atoms with van der Waals surface area (Å²) in [5.74, 6) is 0.595. The molecule has 1 aliphatic carbocycles. The predicted octanol–water partition coefficient (Wildman–Crippen LogP) is 3.17. The van der Waals surface area contributed by atoms with E-state index < -0.39 is 0 Å². The largest absolute Gasteiger partial charge is 0.506 e. The third-order valence-corrected chi connectivity index (χ3v) is 3.23. The van der Waals surface area contributed by atoms with Gasteiger partial charge in [-0.1, -0.05) is 18.0 Å². The fourth-order valence-electron chi connectivity index (χ4n) is 1.76. The van der Waals surface area contributed by atoms with E-state index in [4.69, 9.17) is 11.6 Å². The molecule has 1 fully saturated rings. The molecular weight excluding hydrogens is 226 g/mol. The lowest BCUT2D eigenvalue weighted by atomic mass is 9.83. The minimum atomic E-state index is 0.0199. The maximum absolute atomic E-state index is 11.6. The lowest BCUT2D eigenvalue weighted by molar-refractivity contribution is -0.117. The number of amides is 1. The number of anilines is 1. The van der Waals surface area contributed by atoms with E-state index in [1.807, 2.05) is 0 Å². The highest BCUT2D eigenvalue weighted by Crippen LogP contribution is 2.30. The molecule has 2 rings (SSSR count). The van der Waals surface area contributed by atoms with Crippen LogP contribution >= 0.6 is 11.6 Å². The van der Waals surface area contributed by atoms with Crippen LogP contribution in [0.3, 0.4) is 0 Å². The van der Waals surface area contributed by atoms with E-state index in [1.54, 1.807) is 12.1 Å². The van der Waals surface area contributed by atoms with E-state index >= 15 is 0 Å². The molecule has 16 heavy (non-hydrogen) atoms. The van der Waals surface area contributed by atoms with Crippen LogP contribution in [0.5, 0.6) is 5.75 Å². The van der Waals surface area contributed by atoms with E-state index in [2.05, 4.69) is 5.32 Å². The van der Waals surface area contributed by atoms with Crippen molar-refractivity contribution >= 4 is 23.2 Å². The summed E-state index contributed by atoms with van der Waals surface area (Å²) in [7, 11) is 0. The van der Waals surface area contributed by atoms with Crippen molar-refractivity contribution in [1.82, 2.24) is 0 Å². The van der Waals surface area contributed by atoms with E-state index in [0.29, 0.717) is 18.0 Å². The van der Waals surface area contributed by atoms with E-state index in [-0.39, 0.29) is 16.7 Å². The van der Waals surface area contributed by atoms with Gasteiger partial charge in [-0.3, -0.25) is 4.79 Å². The number of aromatic hydroxyl groups is 1. The summed E-state index contributed by atoms with van der Waals surface area (Å²) in [6.07, 6.45) is 4.13. The molecule has 0 heterocycles. The number of nitrogens with one attached hydrogen (secondary N) is 1. The topological polar surface area (TPSA) is 49.3 Å². The standard InChI is InChI=1S/C12H14ClNO2/c13-10-7-9(4-5-11(10)15)14-12(16)6-8-2-1-3-8/h4-5,7-8,15H,1-3,6H2,(H,14,16). The fraction of sp³-hybridized carbons (Fsp3) is 0.417. The van der Waals surface area contributed by atoms with Crippen molar-refractivity contribution in [2.24, 2.45) is 5.92 Å². The Bertz CT molecular complexity index is 402. The molecule has 0 saturated heterocycles. The van der Waals surface area contributed by atoms with Crippen LogP contribution in [0, 0.1) is 5.92 Å². The number of carbonyl (C=O) groups excluding carboxylic acids is 1. The predicted molar refractivity (Wildman–Crippen MR) is 63.7 cm³/mol. The molecule has 0 bridgehead atoms. The van der Waals surface area contributed by atoms with Gasteiger partial charge in [0, 0.05) is 12.1 Å². The number of rotatable bonds is 3. The second kappa shape index (κ2) is 4.74. The molecule has 1 amide bonds. The van der Waals surface area contributed by atoms with Crippen LogP contribution in [0.4, 0.5) is 5.69 Å². The number of halogens is 1. The zero-order valence-corrected chi connectivity index (χ0v) is 9.63. The molecule has 1 aromatic carbocycles. The summed E-state index contributed by atoms with van der Waals surface area (Å²) >= 11 is 5.74. The highest BCUT2D eigenvalue weighted by atomic mass is 35.5. The number of hydrogen-bond donors (Lipinski definition) is 2. The molecule has 0 aliphatic heterocycles. The molecule has 0 radical (unpaired) electrons. The molecular formula is C12H14ClNO2. The number of carbonyl (C=O) groups is 1. The van der Waals surface area contributed by atoms with E-state index in [0.717, 1.165) is 12.8 Å². The van der Waals surface area contributed by atoms with Crippen LogP contribution in [0.15, 0.2) is 18.2 Å². The van der Waals surface area contributed by atoms with Crippen molar-refractivity contribution in [2.75, 3.05) is 5.32 Å². The van der Waals surface area contributed by atoms with Gasteiger partial charge < -0.3 is 10.4 Å². The Morgan fingerprint density at radius 1 is 1.50 bits per heavy atom. The van der Waals surface area contributed by atoms with Gasteiger partial charge in [-0.25, -0.2) is 0 Å². The molecule has 0 spiro atoms. The van der Waals surface area contributed by atoms with Crippen LogP contribution < -0.4 is 5.32 Å². The molecule has 4 heteroatoms. The van der Waals surface area contributed by atoms with Gasteiger partial charge in [-0.2, -0.15) is 0 Å². The monoisotopic (exact) mass is 239 g/mol. The molecule has 0 unspecified atom stereocenters. The second-order valence-corrected chi connectivity index (χ2v) is 4.62. The van der Waals surface area contributed by atoms with E-state index in [9.17, 15) is 9.90 Å². The minimum Gasteiger partial charge on any atom is -0.506 e. The number of phenols is 1. The first-order valence-electron chi connectivity index (χ1n) is 5.43. The molecule has 1 saturated carbocycles. The Morgan fingerprint density at radius 3 is 2.81 bits per heavy atom. The van der Waals surface area contributed by atoms with E-state index in [1.165, 1.54) is 12.5 Å². The van der Waals surface area contributed by atoms with Crippen LogP contribution in [0.25, 0.3) is 0 Å². The van der Waals surface area contributed by atoms with Crippen LogP contribution in [0.2, 0.25) is 5.02 Å². The molecule has 1 aliphatic rings. The number of hydrogen-bond acceptors (Lipinski definition) is 2. The van der Waals surface area contributed by atoms with Gasteiger partial charge in [0.1, 0.15) is 5.75 Å². The van der Waals surface area contributed by atoms with Crippen molar-refractivity contribution in [3.63, 3.8) is 0 Å². The summed E-state index contributed by atoms with van der Waals surface area (Å²) in [6, 6.07) is 4.66. The Kier molecular flexibility index (Phi) is 3.34. The Balaban J connectivity index is 1.92. The summed E-state index contributed by atoms with van der Waals surface area (Å²) in [4.78, 5) is 11.6. The summed E-state index contributed by atoms with van der Waals surface area (Å²) in [6.45, 7) is 0. The van der Waals surface area contributed by atoms with Crippen molar-refractivity contribution in [3.05, 3.63) is 23.2 Å². The molecule has 3 nitrogen and oxygen atoms in total. The first kappa shape index (κ1) is 11.3. The quantitative estimate of drug-likeness (QED) is 0.796. The Hall–Kier alpha value is -1.22. The van der Waals surface area contributed by atoms with Crippen molar-refractivity contribution < 1.29 is 9.90 Å². The highest BCUT2D eigenvalue weighted by Gasteiger charge is 2.20. The average Bonchev–Trinajstić information content (AvgIpc) is 2.18. The smallest absolute Gasteiger partial charge is 0.224 e. The lowest BCUT2D eigenvalue weighted by Gasteiger charge is -2.24. The van der Waals surface area contributed by atoms with Gasteiger partial charge in [0.15, 0.2) is 0 Å². The SMILES string of the molecule is O=C(CC1CCC1)Nc1ccc(O)c(Cl)c1. The molecule has 2 N–H and O–H groups in total. The van der Waals surface area contributed by atoms with Gasteiger partial charge in [0.05, 0.1) is 5.02 Å². The average molecular weight is 240 g/mol. The molecule has 86 valence electrons. The third kappa shape index (κ3) is 2.67. The first-order chi connectivity index (χ1) is 7.65. The molecule has 0 aromatic heterocycles. The molecule has 0 atom stereocenters. The molecule has 1 aromatic rings. The summed E-state index contributed by atoms with van der Waals surface area (Å²) < 4.78 is 0. The van der Waals surface area contributed by atoms with Crippen LogP contribution in [0.1, 0.15) is 25.7 Å². The second-order valence-electron chi connectivity index (χ2n) is 4.22. The fourth-order valence-corrected chi connectivity index (χ4v) is 1.94. The van der Waals surface area contributed by atoms with Crippen LogP contribution in [-0.4, -0.2) is 11.0 Å². The van der Waals surface area contributed by atoms with Gasteiger partial charge >= 0.3 is 0 Å². The highest BCUT2D eigenvalue weighted by molar-refractivity contribution is 6.32. The van der Waals surface area contributed by atoms with Crippen molar-refractivity contribution in [1.29, 1.82) is 0 Å². The lowest BCUT2D eigenvalue weighted by Crippen LogP contribution is -2.20. The maximum Gasteiger partial charge on any atom is 0.224 e. The normalized spacial score (nSPS) is 15.6. The number of benzene rings is 1. The minimum absolute atomic E-state index is 0.0199. The van der Waals surface area contributed by atoms with Gasteiger partial charge in [0.2, 0.25) is 5.91 Å². The van der Waals surface area contributed by atoms with Gasteiger partial charge in [-0.15, -0.1) is 0 Å². The van der Waals surface area contributed by atoms with Gasteiger partial charge in [-0.05, 0) is 37.0 Å². The van der Waals surface area contributed by atoms with Crippen LogP contribution in [-0.2, 0) is 4.79 Å². The summed E-state index contributed by atoms with van der Waals surface area (Å²) in [5.41, 5.74) is 0.632. The maximum atomic E-state index is 11.6. The van der Waals surface area contributed by atoms with Gasteiger partial charge in [0.25, 0.3) is 0 Å². The Morgan fingerprint density at radius 2 is 2.25 bits per heavy atom.